The van der Waals surface area contributed by atoms with Crippen molar-refractivity contribution in [1.82, 2.24) is 10.2 Å². The fourth-order valence-electron chi connectivity index (χ4n) is 2.64. The van der Waals surface area contributed by atoms with Gasteiger partial charge in [0, 0.05) is 32.8 Å². The van der Waals surface area contributed by atoms with E-state index in [9.17, 15) is 0 Å². The molecule has 3 heteroatoms. The van der Waals surface area contributed by atoms with Crippen LogP contribution in [0.25, 0.3) is 0 Å². The summed E-state index contributed by atoms with van der Waals surface area (Å²) >= 11 is 0. The molecule has 0 aliphatic carbocycles. The summed E-state index contributed by atoms with van der Waals surface area (Å²) in [5.74, 6) is 1.58. The summed E-state index contributed by atoms with van der Waals surface area (Å²) in [6, 6.07) is 0.657. The molecule has 0 bridgehead atoms. The number of rotatable bonds is 9. The van der Waals surface area contributed by atoms with E-state index in [1.54, 1.807) is 7.11 Å². The molecule has 0 amide bonds. The fourth-order valence-corrected chi connectivity index (χ4v) is 2.64. The van der Waals surface area contributed by atoms with E-state index >= 15 is 0 Å². The Balaban J connectivity index is 2.01. The average molecular weight is 256 g/mol. The zero-order valence-corrected chi connectivity index (χ0v) is 12.7. The Labute approximate surface area is 113 Å². The normalized spacial score (nSPS) is 22.8. The van der Waals surface area contributed by atoms with Crippen LogP contribution in [0.5, 0.6) is 0 Å². The summed E-state index contributed by atoms with van der Waals surface area (Å²) < 4.78 is 5.23. The molecule has 1 N–H and O–H groups in total. The molecule has 0 spiro atoms. The minimum absolute atomic E-state index is 0.657. The second-order valence-corrected chi connectivity index (χ2v) is 6.24. The molecule has 1 fully saturated rings. The van der Waals surface area contributed by atoms with E-state index < -0.39 is 0 Å². The van der Waals surface area contributed by atoms with Gasteiger partial charge < -0.3 is 15.0 Å². The first-order chi connectivity index (χ1) is 8.61. The lowest BCUT2D eigenvalue weighted by Gasteiger charge is -2.19. The lowest BCUT2D eigenvalue weighted by atomic mass is 10.0. The maximum Gasteiger partial charge on any atom is 0.0503 e. The average Bonchev–Trinajstić information content (AvgIpc) is 2.75. The van der Waals surface area contributed by atoms with Gasteiger partial charge in [-0.15, -0.1) is 0 Å². The van der Waals surface area contributed by atoms with E-state index in [1.807, 2.05) is 0 Å². The molecule has 1 heterocycles. The van der Waals surface area contributed by atoms with Crippen LogP contribution in [-0.4, -0.2) is 50.8 Å². The smallest absolute Gasteiger partial charge is 0.0503 e. The zero-order chi connectivity index (χ0) is 13.4. The van der Waals surface area contributed by atoms with Gasteiger partial charge in [-0.05, 0) is 44.6 Å². The monoisotopic (exact) mass is 256 g/mol. The van der Waals surface area contributed by atoms with Crippen LogP contribution in [0.3, 0.4) is 0 Å². The second-order valence-electron chi connectivity index (χ2n) is 6.24. The predicted molar refractivity (Wildman–Crippen MR) is 78.0 cm³/mol. The Bertz CT molecular complexity index is 209. The molecular weight excluding hydrogens is 224 g/mol. The Hall–Kier alpha value is -0.120. The lowest BCUT2D eigenvalue weighted by molar-refractivity contribution is 0.153. The molecule has 18 heavy (non-hydrogen) atoms. The van der Waals surface area contributed by atoms with Crippen LogP contribution in [-0.2, 0) is 4.74 Å². The number of likely N-dealkylation sites (tertiary alicyclic amines) is 1. The van der Waals surface area contributed by atoms with Gasteiger partial charge in [-0.25, -0.2) is 0 Å². The molecule has 108 valence electrons. The molecule has 0 aromatic rings. The molecular formula is C15H32N2O. The maximum atomic E-state index is 5.23. The molecule has 1 saturated heterocycles. The van der Waals surface area contributed by atoms with Gasteiger partial charge in [0.25, 0.3) is 0 Å². The maximum absolute atomic E-state index is 5.23. The highest BCUT2D eigenvalue weighted by Gasteiger charge is 2.21. The molecule has 3 nitrogen and oxygen atoms in total. The standard InChI is InChI=1S/C15H32N2O/c1-13(2)5-6-14(3)16-8-10-17-9-7-15(11-17)12-18-4/h13-16H,5-12H2,1-4H3. The quantitative estimate of drug-likeness (QED) is 0.685. The van der Waals surface area contributed by atoms with E-state index in [0.717, 1.165) is 25.0 Å². The molecule has 1 aliphatic heterocycles. The Kier molecular flexibility index (Phi) is 7.87. The molecule has 0 saturated carbocycles. The SMILES string of the molecule is COCC1CCN(CCNC(C)CCC(C)C)C1. The molecule has 0 aromatic heterocycles. The number of nitrogens with zero attached hydrogens (tertiary/aromatic N) is 1. The molecule has 1 aliphatic rings. The van der Waals surface area contributed by atoms with E-state index in [0.29, 0.717) is 6.04 Å². The minimum Gasteiger partial charge on any atom is -0.384 e. The number of hydrogen-bond donors (Lipinski definition) is 1. The second kappa shape index (κ2) is 8.89. The molecule has 0 aromatic carbocycles. The Morgan fingerprint density at radius 1 is 1.28 bits per heavy atom. The van der Waals surface area contributed by atoms with Crippen molar-refractivity contribution in [1.29, 1.82) is 0 Å². The summed E-state index contributed by atoms with van der Waals surface area (Å²) in [6.45, 7) is 12.6. The topological polar surface area (TPSA) is 24.5 Å². The van der Waals surface area contributed by atoms with Gasteiger partial charge in [0.05, 0.1) is 6.61 Å². The molecule has 0 radical (unpaired) electrons. The number of ether oxygens (including phenoxy) is 1. The van der Waals surface area contributed by atoms with Gasteiger partial charge in [0.2, 0.25) is 0 Å². The van der Waals surface area contributed by atoms with Crippen LogP contribution >= 0.6 is 0 Å². The van der Waals surface area contributed by atoms with Crippen LogP contribution in [0.1, 0.15) is 40.0 Å². The van der Waals surface area contributed by atoms with Gasteiger partial charge in [-0.2, -0.15) is 0 Å². The number of methoxy groups -OCH3 is 1. The Morgan fingerprint density at radius 3 is 2.72 bits per heavy atom. The van der Waals surface area contributed by atoms with Crippen molar-refractivity contribution in [3.05, 3.63) is 0 Å². The van der Waals surface area contributed by atoms with Gasteiger partial charge in [-0.3, -0.25) is 0 Å². The highest BCUT2D eigenvalue weighted by molar-refractivity contribution is 4.76. The van der Waals surface area contributed by atoms with Crippen LogP contribution in [0.2, 0.25) is 0 Å². The van der Waals surface area contributed by atoms with Crippen LogP contribution in [0.4, 0.5) is 0 Å². The van der Waals surface area contributed by atoms with Crippen molar-refractivity contribution in [3.8, 4) is 0 Å². The van der Waals surface area contributed by atoms with Crippen LogP contribution in [0.15, 0.2) is 0 Å². The first-order valence-corrected chi connectivity index (χ1v) is 7.56. The van der Waals surface area contributed by atoms with E-state index in [-0.39, 0.29) is 0 Å². The predicted octanol–water partition coefficient (Wildman–Crippen LogP) is 2.37. The van der Waals surface area contributed by atoms with Crippen molar-refractivity contribution >= 4 is 0 Å². The Morgan fingerprint density at radius 2 is 2.06 bits per heavy atom. The van der Waals surface area contributed by atoms with Gasteiger partial charge in [-0.1, -0.05) is 13.8 Å². The number of nitrogens with one attached hydrogen (secondary N) is 1. The summed E-state index contributed by atoms with van der Waals surface area (Å²) in [5.41, 5.74) is 0. The van der Waals surface area contributed by atoms with E-state index in [1.165, 1.54) is 38.9 Å². The first-order valence-electron chi connectivity index (χ1n) is 7.56. The zero-order valence-electron chi connectivity index (χ0n) is 12.7. The fraction of sp³-hybridized carbons (Fsp3) is 1.00. The third-order valence-corrected chi connectivity index (χ3v) is 3.87. The van der Waals surface area contributed by atoms with Crippen LogP contribution < -0.4 is 5.32 Å². The summed E-state index contributed by atoms with van der Waals surface area (Å²) in [4.78, 5) is 2.56. The third-order valence-electron chi connectivity index (χ3n) is 3.87. The number of hydrogen-bond acceptors (Lipinski definition) is 3. The van der Waals surface area contributed by atoms with Crippen molar-refractivity contribution in [2.24, 2.45) is 11.8 Å². The van der Waals surface area contributed by atoms with Crippen molar-refractivity contribution in [2.45, 2.75) is 46.1 Å². The summed E-state index contributed by atoms with van der Waals surface area (Å²) in [5, 5.41) is 3.64. The highest BCUT2D eigenvalue weighted by atomic mass is 16.5. The first kappa shape index (κ1) is 15.9. The van der Waals surface area contributed by atoms with Gasteiger partial charge in [0.1, 0.15) is 0 Å². The highest BCUT2D eigenvalue weighted by Crippen LogP contribution is 2.15. The summed E-state index contributed by atoms with van der Waals surface area (Å²) in [6.07, 6.45) is 3.93. The van der Waals surface area contributed by atoms with Gasteiger partial charge >= 0.3 is 0 Å². The van der Waals surface area contributed by atoms with E-state index in [2.05, 4.69) is 31.0 Å². The molecule has 1 rings (SSSR count). The summed E-state index contributed by atoms with van der Waals surface area (Å²) in [7, 11) is 1.81. The van der Waals surface area contributed by atoms with Crippen molar-refractivity contribution in [2.75, 3.05) is 39.9 Å². The van der Waals surface area contributed by atoms with Crippen LogP contribution in [0, 0.1) is 11.8 Å². The minimum atomic E-state index is 0.657. The lowest BCUT2D eigenvalue weighted by Crippen LogP contribution is -2.35. The van der Waals surface area contributed by atoms with Crippen molar-refractivity contribution < 1.29 is 4.74 Å². The third kappa shape index (κ3) is 6.72. The van der Waals surface area contributed by atoms with Gasteiger partial charge in [0.15, 0.2) is 0 Å². The van der Waals surface area contributed by atoms with Crippen molar-refractivity contribution in [3.63, 3.8) is 0 Å². The largest absolute Gasteiger partial charge is 0.384 e. The molecule has 2 atom stereocenters. The molecule has 2 unspecified atom stereocenters. The van der Waals surface area contributed by atoms with E-state index in [4.69, 9.17) is 4.74 Å².